The molecule has 17 heavy (non-hydrogen) atoms. The zero-order chi connectivity index (χ0) is 11.9. The second-order valence-corrected chi connectivity index (χ2v) is 5.61. The van der Waals surface area contributed by atoms with Gasteiger partial charge in [0, 0.05) is 19.2 Å². The lowest BCUT2D eigenvalue weighted by molar-refractivity contribution is 0.0525. The molecule has 0 aromatic rings. The average molecular weight is 240 g/mol. The van der Waals surface area contributed by atoms with Gasteiger partial charge in [0.1, 0.15) is 0 Å². The van der Waals surface area contributed by atoms with Gasteiger partial charge in [0.2, 0.25) is 0 Å². The topological polar surface area (TPSA) is 24.5 Å². The predicted octanol–water partition coefficient (Wildman–Crippen LogP) is 1.88. The predicted molar refractivity (Wildman–Crippen MR) is 71.3 cm³/mol. The Morgan fingerprint density at radius 3 is 2.71 bits per heavy atom. The monoisotopic (exact) mass is 240 g/mol. The number of piperidine rings is 1. The van der Waals surface area contributed by atoms with E-state index in [1.165, 1.54) is 58.3 Å². The Bertz CT molecular complexity index is 196. The van der Waals surface area contributed by atoms with Crippen LogP contribution in [0.3, 0.4) is 0 Å². The van der Waals surface area contributed by atoms with E-state index in [1.807, 2.05) is 0 Å². The van der Waals surface area contributed by atoms with E-state index in [2.05, 4.69) is 17.1 Å². The lowest BCUT2D eigenvalue weighted by Crippen LogP contribution is -2.44. The first-order valence-electron chi connectivity index (χ1n) is 7.42. The van der Waals surface area contributed by atoms with Crippen LogP contribution in [0.15, 0.2) is 0 Å². The normalized spacial score (nSPS) is 28.4. The fraction of sp³-hybridized carbons (Fsp3) is 1.00. The SMILES string of the molecule is CCCN1CCC(NCC2CCCOC2)CC1. The Kier molecular flexibility index (Phi) is 5.75. The maximum absolute atomic E-state index is 5.52. The molecule has 0 radical (unpaired) electrons. The van der Waals surface area contributed by atoms with Gasteiger partial charge in [-0.3, -0.25) is 0 Å². The summed E-state index contributed by atoms with van der Waals surface area (Å²) in [6.45, 7) is 9.24. The van der Waals surface area contributed by atoms with Gasteiger partial charge in [-0.25, -0.2) is 0 Å². The molecule has 2 aliphatic heterocycles. The minimum atomic E-state index is 0.755. The number of hydrogen-bond donors (Lipinski definition) is 1. The largest absolute Gasteiger partial charge is 0.381 e. The van der Waals surface area contributed by atoms with Crippen LogP contribution in [0.2, 0.25) is 0 Å². The summed E-state index contributed by atoms with van der Waals surface area (Å²) < 4.78 is 5.52. The standard InChI is InChI=1S/C14H28N2O/c1-2-7-16-8-5-14(6-9-16)15-11-13-4-3-10-17-12-13/h13-15H,2-12H2,1H3. The molecule has 0 amide bonds. The summed E-state index contributed by atoms with van der Waals surface area (Å²) in [6.07, 6.45) is 6.54. The maximum Gasteiger partial charge on any atom is 0.0506 e. The van der Waals surface area contributed by atoms with E-state index in [0.29, 0.717) is 0 Å². The van der Waals surface area contributed by atoms with E-state index in [0.717, 1.165) is 25.2 Å². The van der Waals surface area contributed by atoms with Crippen molar-refractivity contribution in [1.29, 1.82) is 0 Å². The highest BCUT2D eigenvalue weighted by Gasteiger charge is 2.20. The minimum absolute atomic E-state index is 0.755. The quantitative estimate of drug-likeness (QED) is 0.794. The molecule has 2 fully saturated rings. The van der Waals surface area contributed by atoms with Gasteiger partial charge in [-0.05, 0) is 57.7 Å². The molecule has 100 valence electrons. The molecule has 2 aliphatic rings. The molecule has 3 nitrogen and oxygen atoms in total. The Labute approximate surface area is 106 Å². The summed E-state index contributed by atoms with van der Waals surface area (Å²) in [7, 11) is 0. The van der Waals surface area contributed by atoms with Gasteiger partial charge in [0.15, 0.2) is 0 Å². The molecule has 2 saturated heterocycles. The summed E-state index contributed by atoms with van der Waals surface area (Å²) in [6, 6.07) is 0.755. The lowest BCUT2D eigenvalue weighted by atomic mass is 10.00. The third-order valence-corrected chi connectivity index (χ3v) is 4.08. The number of hydrogen-bond acceptors (Lipinski definition) is 3. The highest BCUT2D eigenvalue weighted by molar-refractivity contribution is 4.78. The van der Waals surface area contributed by atoms with E-state index in [9.17, 15) is 0 Å². The fourth-order valence-corrected chi connectivity index (χ4v) is 2.98. The van der Waals surface area contributed by atoms with Crippen molar-refractivity contribution in [2.24, 2.45) is 5.92 Å². The van der Waals surface area contributed by atoms with Crippen LogP contribution in [-0.2, 0) is 4.74 Å². The van der Waals surface area contributed by atoms with E-state index in [1.54, 1.807) is 0 Å². The van der Waals surface area contributed by atoms with Gasteiger partial charge < -0.3 is 15.0 Å². The summed E-state index contributed by atoms with van der Waals surface area (Å²) in [5.74, 6) is 0.762. The lowest BCUT2D eigenvalue weighted by Gasteiger charge is -2.33. The van der Waals surface area contributed by atoms with Crippen LogP contribution in [0.25, 0.3) is 0 Å². The van der Waals surface area contributed by atoms with Crippen molar-refractivity contribution in [3.8, 4) is 0 Å². The molecular formula is C14H28N2O. The maximum atomic E-state index is 5.52. The minimum Gasteiger partial charge on any atom is -0.381 e. The van der Waals surface area contributed by atoms with Crippen LogP contribution >= 0.6 is 0 Å². The Morgan fingerprint density at radius 1 is 1.24 bits per heavy atom. The van der Waals surface area contributed by atoms with Gasteiger partial charge in [0.05, 0.1) is 6.61 Å². The molecule has 0 aromatic heterocycles. The zero-order valence-electron chi connectivity index (χ0n) is 11.3. The van der Waals surface area contributed by atoms with Crippen LogP contribution in [-0.4, -0.2) is 50.3 Å². The first kappa shape index (κ1) is 13.3. The van der Waals surface area contributed by atoms with Gasteiger partial charge >= 0.3 is 0 Å². The van der Waals surface area contributed by atoms with Crippen molar-refractivity contribution in [3.05, 3.63) is 0 Å². The first-order chi connectivity index (χ1) is 8.38. The van der Waals surface area contributed by atoms with Crippen molar-refractivity contribution in [3.63, 3.8) is 0 Å². The smallest absolute Gasteiger partial charge is 0.0506 e. The second-order valence-electron chi connectivity index (χ2n) is 5.61. The summed E-state index contributed by atoms with van der Waals surface area (Å²) in [4.78, 5) is 2.60. The summed E-state index contributed by atoms with van der Waals surface area (Å²) >= 11 is 0. The third kappa shape index (κ3) is 4.57. The molecule has 3 heteroatoms. The van der Waals surface area contributed by atoms with Crippen LogP contribution in [0.5, 0.6) is 0 Å². The number of ether oxygens (including phenoxy) is 1. The van der Waals surface area contributed by atoms with Crippen LogP contribution < -0.4 is 5.32 Å². The first-order valence-corrected chi connectivity index (χ1v) is 7.42. The van der Waals surface area contributed by atoms with Crippen molar-refractivity contribution in [2.75, 3.05) is 39.4 Å². The number of likely N-dealkylation sites (tertiary alicyclic amines) is 1. The molecule has 0 saturated carbocycles. The molecule has 0 spiro atoms. The van der Waals surface area contributed by atoms with Gasteiger partial charge in [-0.2, -0.15) is 0 Å². The molecule has 0 aromatic carbocycles. The van der Waals surface area contributed by atoms with Crippen molar-refractivity contribution < 1.29 is 4.74 Å². The number of nitrogens with one attached hydrogen (secondary N) is 1. The van der Waals surface area contributed by atoms with Gasteiger partial charge in [0.25, 0.3) is 0 Å². The highest BCUT2D eigenvalue weighted by atomic mass is 16.5. The summed E-state index contributed by atoms with van der Waals surface area (Å²) in [5, 5.41) is 3.75. The van der Waals surface area contributed by atoms with E-state index >= 15 is 0 Å². The third-order valence-electron chi connectivity index (χ3n) is 4.08. The second kappa shape index (κ2) is 7.34. The molecule has 1 atom stereocenters. The Hall–Kier alpha value is -0.120. The average Bonchev–Trinajstić information content (AvgIpc) is 2.40. The molecule has 0 aliphatic carbocycles. The van der Waals surface area contributed by atoms with Crippen molar-refractivity contribution in [1.82, 2.24) is 10.2 Å². The fourth-order valence-electron chi connectivity index (χ4n) is 2.98. The van der Waals surface area contributed by atoms with E-state index < -0.39 is 0 Å². The van der Waals surface area contributed by atoms with Crippen LogP contribution in [0.4, 0.5) is 0 Å². The Balaban J connectivity index is 1.57. The molecule has 2 rings (SSSR count). The van der Waals surface area contributed by atoms with Gasteiger partial charge in [-0.1, -0.05) is 6.92 Å². The Morgan fingerprint density at radius 2 is 2.06 bits per heavy atom. The number of rotatable bonds is 5. The van der Waals surface area contributed by atoms with Gasteiger partial charge in [-0.15, -0.1) is 0 Å². The van der Waals surface area contributed by atoms with Crippen molar-refractivity contribution in [2.45, 2.75) is 45.1 Å². The molecule has 1 unspecified atom stereocenters. The van der Waals surface area contributed by atoms with Crippen LogP contribution in [0, 0.1) is 5.92 Å². The molecule has 1 N–H and O–H groups in total. The molecule has 0 bridgehead atoms. The van der Waals surface area contributed by atoms with Crippen molar-refractivity contribution >= 4 is 0 Å². The van der Waals surface area contributed by atoms with E-state index in [4.69, 9.17) is 4.74 Å². The molecular weight excluding hydrogens is 212 g/mol. The molecule has 2 heterocycles. The highest BCUT2D eigenvalue weighted by Crippen LogP contribution is 2.15. The zero-order valence-corrected chi connectivity index (χ0v) is 11.3. The van der Waals surface area contributed by atoms with E-state index in [-0.39, 0.29) is 0 Å². The number of nitrogens with zero attached hydrogens (tertiary/aromatic N) is 1. The van der Waals surface area contributed by atoms with Crippen LogP contribution in [0.1, 0.15) is 39.0 Å². The summed E-state index contributed by atoms with van der Waals surface area (Å²) in [5.41, 5.74) is 0.